The Morgan fingerprint density at radius 2 is 2.05 bits per heavy atom. The molecular weight excluding hydrogens is 236 g/mol. The quantitative estimate of drug-likeness (QED) is 0.885. The van der Waals surface area contributed by atoms with Crippen molar-refractivity contribution in [3.8, 4) is 5.75 Å². The van der Waals surface area contributed by atoms with Gasteiger partial charge in [0.05, 0.1) is 5.69 Å². The summed E-state index contributed by atoms with van der Waals surface area (Å²) in [6.07, 6.45) is 1.81. The maximum Gasteiger partial charge on any atom is 0.130 e. The van der Waals surface area contributed by atoms with Crippen molar-refractivity contribution < 1.29 is 4.74 Å². The van der Waals surface area contributed by atoms with Gasteiger partial charge in [0.2, 0.25) is 0 Å². The molecule has 0 unspecified atom stereocenters. The lowest BCUT2D eigenvalue weighted by atomic mass is 10.1. The molecule has 19 heavy (non-hydrogen) atoms. The van der Waals surface area contributed by atoms with Crippen molar-refractivity contribution >= 4 is 5.69 Å². The van der Waals surface area contributed by atoms with Crippen LogP contribution in [0, 0.1) is 13.8 Å². The van der Waals surface area contributed by atoms with Crippen LogP contribution in [0.15, 0.2) is 36.5 Å². The highest BCUT2D eigenvalue weighted by atomic mass is 16.5. The van der Waals surface area contributed by atoms with E-state index in [1.165, 1.54) is 11.1 Å². The SMILES string of the molecule is CCNc1ccnc(COc2cccc(C)c2C)c1. The monoisotopic (exact) mass is 256 g/mol. The molecule has 0 aliphatic carbocycles. The first-order valence-electron chi connectivity index (χ1n) is 6.58. The summed E-state index contributed by atoms with van der Waals surface area (Å²) in [5, 5.41) is 3.27. The van der Waals surface area contributed by atoms with E-state index in [1.54, 1.807) is 6.20 Å². The van der Waals surface area contributed by atoms with Crippen LogP contribution in [-0.4, -0.2) is 11.5 Å². The normalized spacial score (nSPS) is 10.3. The Labute approximate surface area is 114 Å². The molecule has 2 aromatic rings. The van der Waals surface area contributed by atoms with Gasteiger partial charge in [0.1, 0.15) is 12.4 Å². The predicted molar refractivity (Wildman–Crippen MR) is 78.6 cm³/mol. The number of ether oxygens (including phenoxy) is 1. The van der Waals surface area contributed by atoms with Gasteiger partial charge in [-0.15, -0.1) is 0 Å². The third-order valence-electron chi connectivity index (χ3n) is 3.13. The largest absolute Gasteiger partial charge is 0.487 e. The number of pyridine rings is 1. The van der Waals surface area contributed by atoms with Gasteiger partial charge in [0.15, 0.2) is 0 Å². The average molecular weight is 256 g/mol. The van der Waals surface area contributed by atoms with Crippen molar-refractivity contribution in [2.45, 2.75) is 27.4 Å². The van der Waals surface area contributed by atoms with Gasteiger partial charge in [0.25, 0.3) is 0 Å². The minimum Gasteiger partial charge on any atom is -0.487 e. The maximum atomic E-state index is 5.85. The van der Waals surface area contributed by atoms with Gasteiger partial charge in [-0.3, -0.25) is 4.98 Å². The summed E-state index contributed by atoms with van der Waals surface area (Å²) in [5.74, 6) is 0.927. The van der Waals surface area contributed by atoms with Gasteiger partial charge in [-0.2, -0.15) is 0 Å². The number of benzene rings is 1. The molecule has 0 radical (unpaired) electrons. The topological polar surface area (TPSA) is 34.2 Å². The van der Waals surface area contributed by atoms with Crippen molar-refractivity contribution in [2.24, 2.45) is 0 Å². The smallest absolute Gasteiger partial charge is 0.130 e. The van der Waals surface area contributed by atoms with Crippen molar-refractivity contribution in [2.75, 3.05) is 11.9 Å². The minimum absolute atomic E-state index is 0.490. The third kappa shape index (κ3) is 3.47. The number of hydrogen-bond acceptors (Lipinski definition) is 3. The fourth-order valence-electron chi connectivity index (χ4n) is 1.90. The molecule has 1 N–H and O–H groups in total. The molecule has 0 bridgehead atoms. The van der Waals surface area contributed by atoms with Crippen LogP contribution in [0.1, 0.15) is 23.7 Å². The van der Waals surface area contributed by atoms with Gasteiger partial charge >= 0.3 is 0 Å². The van der Waals surface area contributed by atoms with Gasteiger partial charge in [-0.1, -0.05) is 12.1 Å². The molecule has 0 aliphatic rings. The first-order valence-corrected chi connectivity index (χ1v) is 6.58. The highest BCUT2D eigenvalue weighted by Gasteiger charge is 2.03. The number of nitrogens with one attached hydrogen (secondary N) is 1. The Kier molecular flexibility index (Phi) is 4.39. The fraction of sp³-hybridized carbons (Fsp3) is 0.312. The number of anilines is 1. The van der Waals surface area contributed by atoms with Crippen LogP contribution in [0.4, 0.5) is 5.69 Å². The standard InChI is InChI=1S/C16H20N2O/c1-4-17-14-8-9-18-15(10-14)11-19-16-7-5-6-12(2)13(16)3/h5-10H,4,11H2,1-3H3,(H,17,18). The molecule has 0 saturated carbocycles. The first-order chi connectivity index (χ1) is 9.20. The van der Waals surface area contributed by atoms with E-state index in [2.05, 4.69) is 37.1 Å². The summed E-state index contributed by atoms with van der Waals surface area (Å²) in [5.41, 5.74) is 4.44. The second-order valence-electron chi connectivity index (χ2n) is 4.55. The maximum absolute atomic E-state index is 5.85. The highest BCUT2D eigenvalue weighted by molar-refractivity contribution is 5.43. The Balaban J connectivity index is 2.06. The van der Waals surface area contributed by atoms with E-state index in [0.29, 0.717) is 6.61 Å². The molecule has 1 heterocycles. The second-order valence-corrected chi connectivity index (χ2v) is 4.55. The molecular formula is C16H20N2O. The van der Waals surface area contributed by atoms with Crippen LogP contribution in [0.25, 0.3) is 0 Å². The van der Waals surface area contributed by atoms with E-state index in [4.69, 9.17) is 4.74 Å². The van der Waals surface area contributed by atoms with Gasteiger partial charge in [-0.05, 0) is 50.1 Å². The van der Waals surface area contributed by atoms with E-state index in [1.807, 2.05) is 24.3 Å². The molecule has 0 spiro atoms. The first kappa shape index (κ1) is 13.4. The number of aromatic nitrogens is 1. The van der Waals surface area contributed by atoms with Crippen molar-refractivity contribution in [1.82, 2.24) is 4.98 Å². The summed E-state index contributed by atoms with van der Waals surface area (Å²) in [6.45, 7) is 7.64. The molecule has 0 fully saturated rings. The Bertz CT molecular complexity index is 552. The molecule has 0 atom stereocenters. The van der Waals surface area contributed by atoms with E-state index in [-0.39, 0.29) is 0 Å². The van der Waals surface area contributed by atoms with E-state index in [0.717, 1.165) is 23.7 Å². The fourth-order valence-corrected chi connectivity index (χ4v) is 1.90. The number of hydrogen-bond donors (Lipinski definition) is 1. The summed E-state index contributed by atoms with van der Waals surface area (Å²) in [7, 11) is 0. The minimum atomic E-state index is 0.490. The molecule has 0 aliphatic heterocycles. The molecule has 3 nitrogen and oxygen atoms in total. The summed E-state index contributed by atoms with van der Waals surface area (Å²) < 4.78 is 5.85. The van der Waals surface area contributed by atoms with E-state index in [9.17, 15) is 0 Å². The van der Waals surface area contributed by atoms with E-state index < -0.39 is 0 Å². The zero-order valence-corrected chi connectivity index (χ0v) is 11.7. The van der Waals surface area contributed by atoms with Crippen LogP contribution in [0.5, 0.6) is 5.75 Å². The average Bonchev–Trinajstić information content (AvgIpc) is 2.41. The van der Waals surface area contributed by atoms with Crippen LogP contribution >= 0.6 is 0 Å². The predicted octanol–water partition coefficient (Wildman–Crippen LogP) is 3.71. The number of aryl methyl sites for hydroxylation is 1. The molecule has 0 saturated heterocycles. The summed E-state index contributed by atoms with van der Waals surface area (Å²) >= 11 is 0. The molecule has 100 valence electrons. The Morgan fingerprint density at radius 1 is 1.21 bits per heavy atom. The summed E-state index contributed by atoms with van der Waals surface area (Å²) in [6, 6.07) is 10.1. The third-order valence-corrected chi connectivity index (χ3v) is 3.13. The van der Waals surface area contributed by atoms with Crippen LogP contribution in [0.3, 0.4) is 0 Å². The van der Waals surface area contributed by atoms with Crippen molar-refractivity contribution in [3.63, 3.8) is 0 Å². The Hall–Kier alpha value is -2.03. The highest BCUT2D eigenvalue weighted by Crippen LogP contribution is 2.21. The van der Waals surface area contributed by atoms with Crippen molar-refractivity contribution in [3.05, 3.63) is 53.3 Å². The molecule has 1 aromatic heterocycles. The van der Waals surface area contributed by atoms with Gasteiger partial charge in [-0.25, -0.2) is 0 Å². The van der Waals surface area contributed by atoms with Crippen LogP contribution in [-0.2, 0) is 6.61 Å². The number of nitrogens with zero attached hydrogens (tertiary/aromatic N) is 1. The number of rotatable bonds is 5. The van der Waals surface area contributed by atoms with Gasteiger partial charge < -0.3 is 10.1 Å². The molecule has 1 aromatic carbocycles. The summed E-state index contributed by atoms with van der Waals surface area (Å²) in [4.78, 5) is 4.32. The zero-order chi connectivity index (χ0) is 13.7. The van der Waals surface area contributed by atoms with Crippen LogP contribution in [0.2, 0.25) is 0 Å². The lowest BCUT2D eigenvalue weighted by Gasteiger charge is -2.11. The second kappa shape index (κ2) is 6.23. The van der Waals surface area contributed by atoms with E-state index >= 15 is 0 Å². The zero-order valence-electron chi connectivity index (χ0n) is 11.7. The molecule has 3 heteroatoms. The molecule has 2 rings (SSSR count). The van der Waals surface area contributed by atoms with Crippen LogP contribution < -0.4 is 10.1 Å². The lowest BCUT2D eigenvalue weighted by molar-refractivity contribution is 0.299. The molecule has 0 amide bonds. The van der Waals surface area contributed by atoms with Crippen molar-refractivity contribution in [1.29, 1.82) is 0 Å². The lowest BCUT2D eigenvalue weighted by Crippen LogP contribution is -2.02. The Morgan fingerprint density at radius 3 is 2.84 bits per heavy atom. The van der Waals surface area contributed by atoms with Gasteiger partial charge in [0, 0.05) is 18.4 Å².